The van der Waals surface area contributed by atoms with E-state index < -0.39 is 0 Å². The summed E-state index contributed by atoms with van der Waals surface area (Å²) < 4.78 is 0. The monoisotopic (exact) mass is 180 g/mol. The Hall–Kier alpha value is -0.620. The van der Waals surface area contributed by atoms with Gasteiger partial charge >= 0.3 is 0 Å². The Kier molecular flexibility index (Phi) is 2.63. The zero-order valence-corrected chi connectivity index (χ0v) is 9.22. The highest BCUT2D eigenvalue weighted by atomic mass is 14.9. The van der Waals surface area contributed by atoms with Crippen molar-refractivity contribution in [2.24, 2.45) is 10.8 Å². The molecule has 0 bridgehead atoms. The molecule has 0 unspecified atom stereocenters. The molecule has 0 saturated heterocycles. The Balaban J connectivity index is 3.09. The third-order valence-electron chi connectivity index (χ3n) is 3.24. The topological polar surface area (TPSA) is 36.4 Å². The number of nitrogens with zero attached hydrogens (tertiary/aromatic N) is 2. The average molecular weight is 180 g/mol. The first-order valence-electron chi connectivity index (χ1n) is 5.13. The van der Waals surface area contributed by atoms with E-state index in [0.29, 0.717) is 0 Å². The van der Waals surface area contributed by atoms with Crippen LogP contribution in [0.1, 0.15) is 53.4 Å². The predicted molar refractivity (Wildman–Crippen MR) is 54.7 cm³/mol. The van der Waals surface area contributed by atoms with E-state index in [1.54, 1.807) is 0 Å². The molecule has 1 rings (SSSR count). The standard InChI is InChI=1S/C11H20N2/c1-10(2)7-5-6-8-11(3,4)9(10)13-12/h5-8H2,1-4H3. The first kappa shape index (κ1) is 10.5. The molecule has 1 saturated carbocycles. The highest BCUT2D eigenvalue weighted by molar-refractivity contribution is 5.89. The van der Waals surface area contributed by atoms with Crippen LogP contribution in [0.3, 0.4) is 0 Å². The van der Waals surface area contributed by atoms with Gasteiger partial charge in [0.2, 0.25) is 0 Å². The lowest BCUT2D eigenvalue weighted by molar-refractivity contribution is -0.0330. The summed E-state index contributed by atoms with van der Waals surface area (Å²) in [4.78, 5) is 3.53. The molecule has 0 N–H and O–H groups in total. The van der Waals surface area contributed by atoms with Gasteiger partial charge in [-0.3, -0.25) is 0 Å². The smallest absolute Gasteiger partial charge is 0.279 e. The van der Waals surface area contributed by atoms with E-state index in [4.69, 9.17) is 5.53 Å². The van der Waals surface area contributed by atoms with Gasteiger partial charge in [0.1, 0.15) is 0 Å². The molecule has 2 heteroatoms. The molecule has 1 aliphatic rings. The van der Waals surface area contributed by atoms with Crippen LogP contribution in [-0.4, -0.2) is 10.5 Å². The fourth-order valence-corrected chi connectivity index (χ4v) is 2.56. The molecule has 0 spiro atoms. The summed E-state index contributed by atoms with van der Waals surface area (Å²) in [6.45, 7) is 8.70. The van der Waals surface area contributed by atoms with Crippen molar-refractivity contribution in [2.45, 2.75) is 53.4 Å². The molecule has 1 fully saturated rings. The van der Waals surface area contributed by atoms with E-state index in [1.165, 1.54) is 12.8 Å². The van der Waals surface area contributed by atoms with Crippen LogP contribution in [0.15, 0.2) is 0 Å². The van der Waals surface area contributed by atoms with Gasteiger partial charge < -0.3 is 5.53 Å². The van der Waals surface area contributed by atoms with Crippen molar-refractivity contribution < 1.29 is 4.79 Å². The Morgan fingerprint density at radius 2 is 1.38 bits per heavy atom. The molecule has 0 aromatic rings. The highest BCUT2D eigenvalue weighted by Crippen LogP contribution is 2.40. The summed E-state index contributed by atoms with van der Waals surface area (Å²) in [5.74, 6) is 0. The van der Waals surface area contributed by atoms with Crippen LogP contribution in [0, 0.1) is 10.8 Å². The fraction of sp³-hybridized carbons (Fsp3) is 0.909. The van der Waals surface area contributed by atoms with Crippen molar-refractivity contribution in [3.8, 4) is 0 Å². The molecule has 0 atom stereocenters. The Morgan fingerprint density at radius 1 is 1.00 bits per heavy atom. The first-order valence-corrected chi connectivity index (χ1v) is 5.13. The van der Waals surface area contributed by atoms with Crippen molar-refractivity contribution in [1.82, 2.24) is 0 Å². The minimum atomic E-state index is 0.0642. The van der Waals surface area contributed by atoms with E-state index >= 15 is 0 Å². The van der Waals surface area contributed by atoms with Gasteiger partial charge in [-0.25, -0.2) is 0 Å². The molecule has 0 aliphatic heterocycles. The second-order valence-electron chi connectivity index (χ2n) is 5.42. The van der Waals surface area contributed by atoms with Gasteiger partial charge in [0.15, 0.2) is 0 Å². The van der Waals surface area contributed by atoms with Gasteiger partial charge in [0.25, 0.3) is 5.71 Å². The lowest BCUT2D eigenvalue weighted by Gasteiger charge is -2.25. The molecule has 2 nitrogen and oxygen atoms in total. The van der Waals surface area contributed by atoms with Crippen LogP contribution in [-0.2, 0) is 0 Å². The average Bonchev–Trinajstić information content (AvgIpc) is 2.06. The van der Waals surface area contributed by atoms with Crippen LogP contribution < -0.4 is 0 Å². The molecule has 74 valence electrons. The largest absolute Gasteiger partial charge is 0.362 e. The van der Waals surface area contributed by atoms with Crippen molar-refractivity contribution >= 4 is 5.71 Å². The van der Waals surface area contributed by atoms with Crippen molar-refractivity contribution in [1.29, 1.82) is 0 Å². The van der Waals surface area contributed by atoms with Gasteiger partial charge in [0, 0.05) is 0 Å². The van der Waals surface area contributed by atoms with E-state index in [-0.39, 0.29) is 10.8 Å². The van der Waals surface area contributed by atoms with Crippen LogP contribution in [0.2, 0.25) is 0 Å². The van der Waals surface area contributed by atoms with E-state index in [0.717, 1.165) is 18.6 Å². The maximum absolute atomic E-state index is 9.08. The van der Waals surface area contributed by atoms with E-state index in [9.17, 15) is 0 Å². The van der Waals surface area contributed by atoms with Crippen LogP contribution in [0.25, 0.3) is 5.53 Å². The summed E-state index contributed by atoms with van der Waals surface area (Å²) >= 11 is 0. The lowest BCUT2D eigenvalue weighted by Crippen LogP contribution is -2.36. The molecule has 1 aliphatic carbocycles. The molecule has 0 radical (unpaired) electrons. The van der Waals surface area contributed by atoms with E-state index in [2.05, 4.69) is 32.5 Å². The van der Waals surface area contributed by atoms with Crippen molar-refractivity contribution in [2.75, 3.05) is 0 Å². The Morgan fingerprint density at radius 3 is 1.69 bits per heavy atom. The lowest BCUT2D eigenvalue weighted by atomic mass is 9.72. The maximum atomic E-state index is 9.08. The SMILES string of the molecule is CC1(C)CCCCC(C)(C)C1=[N+]=[N-]. The first-order chi connectivity index (χ1) is 5.90. The van der Waals surface area contributed by atoms with Gasteiger partial charge in [0.05, 0.1) is 10.8 Å². The van der Waals surface area contributed by atoms with Crippen molar-refractivity contribution in [3.05, 3.63) is 5.53 Å². The number of hydrogen-bond acceptors (Lipinski definition) is 0. The maximum Gasteiger partial charge on any atom is 0.279 e. The normalized spacial score (nSPS) is 26.3. The predicted octanol–water partition coefficient (Wildman–Crippen LogP) is 3.28. The second-order valence-corrected chi connectivity index (χ2v) is 5.42. The molecule has 0 aromatic carbocycles. The number of rotatable bonds is 0. The van der Waals surface area contributed by atoms with Crippen LogP contribution in [0.4, 0.5) is 0 Å². The zero-order valence-electron chi connectivity index (χ0n) is 9.22. The van der Waals surface area contributed by atoms with Gasteiger partial charge in [-0.15, -0.1) is 0 Å². The Labute approximate surface area is 81.0 Å². The molecule has 13 heavy (non-hydrogen) atoms. The summed E-state index contributed by atoms with van der Waals surface area (Å²) in [6, 6.07) is 0. The molecule has 0 heterocycles. The van der Waals surface area contributed by atoms with E-state index in [1.807, 2.05) is 0 Å². The van der Waals surface area contributed by atoms with Crippen LogP contribution >= 0.6 is 0 Å². The number of hydrogen-bond donors (Lipinski definition) is 0. The van der Waals surface area contributed by atoms with Gasteiger partial charge in [-0.2, -0.15) is 4.79 Å². The molecule has 0 aromatic heterocycles. The quantitative estimate of drug-likeness (QED) is 0.311. The van der Waals surface area contributed by atoms with Crippen LogP contribution in [0.5, 0.6) is 0 Å². The molecular weight excluding hydrogens is 160 g/mol. The third kappa shape index (κ3) is 2.00. The summed E-state index contributed by atoms with van der Waals surface area (Å²) in [5.41, 5.74) is 10.2. The molecule has 0 amide bonds. The minimum absolute atomic E-state index is 0.0642. The second kappa shape index (κ2) is 3.26. The minimum Gasteiger partial charge on any atom is -0.362 e. The highest BCUT2D eigenvalue weighted by Gasteiger charge is 2.45. The summed E-state index contributed by atoms with van der Waals surface area (Å²) in [7, 11) is 0. The van der Waals surface area contributed by atoms with Gasteiger partial charge in [-0.05, 0) is 40.5 Å². The Bertz CT molecular complexity index is 225. The molecular formula is C11H20N2. The summed E-state index contributed by atoms with van der Waals surface area (Å²) in [5, 5.41) is 0. The fourth-order valence-electron chi connectivity index (χ4n) is 2.56. The third-order valence-corrected chi connectivity index (χ3v) is 3.24. The zero-order chi connectivity index (χ0) is 10.1. The van der Waals surface area contributed by atoms with Gasteiger partial charge in [-0.1, -0.05) is 12.8 Å². The van der Waals surface area contributed by atoms with Crippen molar-refractivity contribution in [3.63, 3.8) is 0 Å². The summed E-state index contributed by atoms with van der Waals surface area (Å²) in [6.07, 6.45) is 4.76.